The zero-order valence-electron chi connectivity index (χ0n) is 6.88. The predicted molar refractivity (Wildman–Crippen MR) is 48.6 cm³/mol. The number of amides is 1. The first kappa shape index (κ1) is 8.93. The molecule has 0 bridgehead atoms. The van der Waals surface area contributed by atoms with Gasteiger partial charge in [-0.1, -0.05) is 0 Å². The maximum atomic E-state index is 11.0. The van der Waals surface area contributed by atoms with Crippen molar-refractivity contribution >= 4 is 28.7 Å². The first-order valence-corrected chi connectivity index (χ1v) is 4.35. The molecule has 1 heterocycles. The molecule has 1 aromatic rings. The van der Waals surface area contributed by atoms with Crippen molar-refractivity contribution in [1.29, 1.82) is 0 Å². The Kier molecular flexibility index (Phi) is 2.60. The Labute approximate surface area is 74.4 Å². The number of carbonyl (C=O) groups is 2. The lowest BCUT2D eigenvalue weighted by Crippen LogP contribution is -2.07. The molecular formula is C8H9NO2S. The van der Waals surface area contributed by atoms with Crippen LogP contribution >= 0.6 is 11.3 Å². The van der Waals surface area contributed by atoms with E-state index in [1.54, 1.807) is 11.4 Å². The van der Waals surface area contributed by atoms with Crippen molar-refractivity contribution < 1.29 is 9.59 Å². The smallest absolute Gasteiger partial charge is 0.221 e. The highest BCUT2D eigenvalue weighted by molar-refractivity contribution is 7.12. The SMILES string of the molecule is CC(=O)Nc1ccsc1C(C)=O. The van der Waals surface area contributed by atoms with Crippen molar-refractivity contribution in [2.45, 2.75) is 13.8 Å². The van der Waals surface area contributed by atoms with Crippen molar-refractivity contribution in [3.05, 3.63) is 16.3 Å². The van der Waals surface area contributed by atoms with E-state index in [1.165, 1.54) is 25.2 Å². The van der Waals surface area contributed by atoms with E-state index in [4.69, 9.17) is 0 Å². The average Bonchev–Trinajstić information content (AvgIpc) is 2.33. The van der Waals surface area contributed by atoms with Gasteiger partial charge in [-0.25, -0.2) is 0 Å². The molecular weight excluding hydrogens is 174 g/mol. The molecule has 0 saturated heterocycles. The van der Waals surface area contributed by atoms with Crippen LogP contribution in [0, 0.1) is 0 Å². The van der Waals surface area contributed by atoms with Gasteiger partial charge in [0, 0.05) is 13.8 Å². The number of carbonyl (C=O) groups excluding carboxylic acids is 2. The van der Waals surface area contributed by atoms with E-state index >= 15 is 0 Å². The Morgan fingerprint density at radius 3 is 2.58 bits per heavy atom. The number of Topliss-reactive ketones (excluding diaryl/α,β-unsaturated/α-hetero) is 1. The lowest BCUT2D eigenvalue weighted by Gasteiger charge is -1.99. The zero-order valence-corrected chi connectivity index (χ0v) is 7.70. The summed E-state index contributed by atoms with van der Waals surface area (Å²) in [6.07, 6.45) is 0. The molecule has 0 unspecified atom stereocenters. The molecule has 1 rings (SSSR count). The number of nitrogens with one attached hydrogen (secondary N) is 1. The van der Waals surface area contributed by atoms with Gasteiger partial charge in [-0.2, -0.15) is 0 Å². The fourth-order valence-corrected chi connectivity index (χ4v) is 1.62. The molecule has 1 aromatic heterocycles. The monoisotopic (exact) mass is 183 g/mol. The minimum atomic E-state index is -0.157. The number of anilines is 1. The molecule has 1 N–H and O–H groups in total. The molecule has 0 atom stereocenters. The van der Waals surface area contributed by atoms with Crippen LogP contribution in [-0.2, 0) is 4.79 Å². The van der Waals surface area contributed by atoms with E-state index in [2.05, 4.69) is 5.32 Å². The van der Waals surface area contributed by atoms with Crippen LogP contribution < -0.4 is 5.32 Å². The van der Waals surface area contributed by atoms with Crippen LogP contribution in [0.25, 0.3) is 0 Å². The Hall–Kier alpha value is -1.16. The molecule has 4 heteroatoms. The predicted octanol–water partition coefficient (Wildman–Crippen LogP) is 1.91. The lowest BCUT2D eigenvalue weighted by atomic mass is 10.3. The second kappa shape index (κ2) is 3.49. The van der Waals surface area contributed by atoms with Gasteiger partial charge in [-0.15, -0.1) is 11.3 Å². The summed E-state index contributed by atoms with van der Waals surface area (Å²) in [5.74, 6) is -0.176. The summed E-state index contributed by atoms with van der Waals surface area (Å²) in [7, 11) is 0. The maximum Gasteiger partial charge on any atom is 0.221 e. The van der Waals surface area contributed by atoms with Gasteiger partial charge < -0.3 is 5.32 Å². The second-order valence-corrected chi connectivity index (χ2v) is 3.32. The summed E-state index contributed by atoms with van der Waals surface area (Å²) >= 11 is 1.34. The van der Waals surface area contributed by atoms with E-state index in [0.29, 0.717) is 10.6 Å². The lowest BCUT2D eigenvalue weighted by molar-refractivity contribution is -0.114. The minimum absolute atomic E-state index is 0.0197. The fraction of sp³-hybridized carbons (Fsp3) is 0.250. The fourth-order valence-electron chi connectivity index (χ4n) is 0.870. The maximum absolute atomic E-state index is 11.0. The Balaban J connectivity index is 2.91. The van der Waals surface area contributed by atoms with E-state index < -0.39 is 0 Å². The van der Waals surface area contributed by atoms with Gasteiger partial charge in [0.15, 0.2) is 5.78 Å². The molecule has 12 heavy (non-hydrogen) atoms. The van der Waals surface area contributed by atoms with Gasteiger partial charge >= 0.3 is 0 Å². The molecule has 0 aliphatic rings. The van der Waals surface area contributed by atoms with Crippen molar-refractivity contribution in [2.24, 2.45) is 0 Å². The largest absolute Gasteiger partial charge is 0.325 e. The zero-order chi connectivity index (χ0) is 9.14. The summed E-state index contributed by atoms with van der Waals surface area (Å²) in [4.78, 5) is 22.2. The van der Waals surface area contributed by atoms with Crippen molar-refractivity contribution in [3.63, 3.8) is 0 Å². The topological polar surface area (TPSA) is 46.2 Å². The molecule has 0 spiro atoms. The third-order valence-electron chi connectivity index (χ3n) is 1.30. The van der Waals surface area contributed by atoms with Gasteiger partial charge in [0.25, 0.3) is 0 Å². The third-order valence-corrected chi connectivity index (χ3v) is 2.31. The molecule has 64 valence electrons. The van der Waals surface area contributed by atoms with Crippen LogP contribution in [-0.4, -0.2) is 11.7 Å². The van der Waals surface area contributed by atoms with Crippen LogP contribution in [0.5, 0.6) is 0 Å². The molecule has 3 nitrogen and oxygen atoms in total. The standard InChI is InChI=1S/C8H9NO2S/c1-5(10)8-7(3-4-12-8)9-6(2)11/h3-4H,1-2H3,(H,9,11). The van der Waals surface area contributed by atoms with Crippen LogP contribution in [0.15, 0.2) is 11.4 Å². The molecule has 0 aliphatic carbocycles. The Bertz CT molecular complexity index is 317. The molecule has 0 radical (unpaired) electrons. The number of rotatable bonds is 2. The van der Waals surface area contributed by atoms with Crippen LogP contribution in [0.3, 0.4) is 0 Å². The van der Waals surface area contributed by atoms with Gasteiger partial charge in [-0.05, 0) is 11.4 Å². The molecule has 0 aliphatic heterocycles. The van der Waals surface area contributed by atoms with Crippen molar-refractivity contribution in [1.82, 2.24) is 0 Å². The molecule has 1 amide bonds. The Morgan fingerprint density at radius 2 is 2.08 bits per heavy atom. The summed E-state index contributed by atoms with van der Waals surface area (Å²) in [6, 6.07) is 1.72. The summed E-state index contributed by atoms with van der Waals surface area (Å²) in [5, 5.41) is 4.37. The molecule has 0 saturated carbocycles. The highest BCUT2D eigenvalue weighted by Gasteiger charge is 2.08. The normalized spacial score (nSPS) is 9.50. The molecule has 0 fully saturated rings. The van der Waals surface area contributed by atoms with Crippen LogP contribution in [0.4, 0.5) is 5.69 Å². The van der Waals surface area contributed by atoms with E-state index in [0.717, 1.165) is 0 Å². The highest BCUT2D eigenvalue weighted by Crippen LogP contribution is 2.22. The molecule has 0 aromatic carbocycles. The van der Waals surface area contributed by atoms with E-state index in [-0.39, 0.29) is 11.7 Å². The van der Waals surface area contributed by atoms with Crippen molar-refractivity contribution in [3.8, 4) is 0 Å². The summed E-state index contributed by atoms with van der Waals surface area (Å²) in [5.41, 5.74) is 0.611. The van der Waals surface area contributed by atoms with E-state index in [9.17, 15) is 9.59 Å². The minimum Gasteiger partial charge on any atom is -0.325 e. The first-order chi connectivity index (χ1) is 5.61. The first-order valence-electron chi connectivity index (χ1n) is 3.47. The number of ketones is 1. The van der Waals surface area contributed by atoms with Crippen LogP contribution in [0.1, 0.15) is 23.5 Å². The highest BCUT2D eigenvalue weighted by atomic mass is 32.1. The van der Waals surface area contributed by atoms with Gasteiger partial charge in [0.1, 0.15) is 0 Å². The third kappa shape index (κ3) is 1.92. The van der Waals surface area contributed by atoms with Crippen molar-refractivity contribution in [2.75, 3.05) is 5.32 Å². The summed E-state index contributed by atoms with van der Waals surface area (Å²) < 4.78 is 0. The second-order valence-electron chi connectivity index (χ2n) is 2.40. The van der Waals surface area contributed by atoms with Gasteiger partial charge in [0.2, 0.25) is 5.91 Å². The Morgan fingerprint density at radius 1 is 1.42 bits per heavy atom. The average molecular weight is 183 g/mol. The summed E-state index contributed by atoms with van der Waals surface area (Å²) in [6.45, 7) is 2.90. The van der Waals surface area contributed by atoms with Gasteiger partial charge in [0.05, 0.1) is 10.6 Å². The number of hydrogen-bond acceptors (Lipinski definition) is 3. The van der Waals surface area contributed by atoms with E-state index in [1.807, 2.05) is 0 Å². The quantitative estimate of drug-likeness (QED) is 0.712. The van der Waals surface area contributed by atoms with Gasteiger partial charge in [-0.3, -0.25) is 9.59 Å². The van der Waals surface area contributed by atoms with Crippen LogP contribution in [0.2, 0.25) is 0 Å². The number of hydrogen-bond donors (Lipinski definition) is 1. The number of thiophene rings is 1.